The molecule has 0 fully saturated rings. The third kappa shape index (κ3) is 3.43. The van der Waals surface area contributed by atoms with E-state index in [2.05, 4.69) is 4.74 Å². The minimum atomic E-state index is -1.65. The van der Waals surface area contributed by atoms with Gasteiger partial charge in [-0.2, -0.15) is 0 Å². The largest absolute Gasteiger partial charge is 0.496 e. The van der Waals surface area contributed by atoms with Crippen molar-refractivity contribution >= 4 is 11.7 Å². The summed E-state index contributed by atoms with van der Waals surface area (Å²) < 4.78 is 9.31. The van der Waals surface area contributed by atoms with Crippen LogP contribution in [0, 0.1) is 10.1 Å². The zero-order chi connectivity index (χ0) is 15.3. The Morgan fingerprint density at radius 1 is 1.40 bits per heavy atom. The SMILES string of the molecule is COC(=O)CC(O)C(O)c1c(OC)cccc1[N+](=O)[O-]. The summed E-state index contributed by atoms with van der Waals surface area (Å²) in [5, 5.41) is 30.8. The van der Waals surface area contributed by atoms with Crippen LogP contribution in [0.15, 0.2) is 18.2 Å². The maximum absolute atomic E-state index is 11.1. The van der Waals surface area contributed by atoms with Gasteiger partial charge in [-0.1, -0.05) is 6.07 Å². The van der Waals surface area contributed by atoms with Crippen molar-refractivity contribution in [2.45, 2.75) is 18.6 Å². The molecule has 1 aromatic carbocycles. The van der Waals surface area contributed by atoms with E-state index in [4.69, 9.17) is 4.74 Å². The molecule has 0 aliphatic carbocycles. The van der Waals surface area contributed by atoms with Crippen molar-refractivity contribution in [1.29, 1.82) is 0 Å². The Bertz CT molecular complexity index is 503. The van der Waals surface area contributed by atoms with Gasteiger partial charge >= 0.3 is 5.97 Å². The quantitative estimate of drug-likeness (QED) is 0.445. The molecule has 0 aromatic heterocycles. The van der Waals surface area contributed by atoms with Crippen LogP contribution >= 0.6 is 0 Å². The normalized spacial score (nSPS) is 13.4. The molecular weight excluding hydrogens is 270 g/mol. The van der Waals surface area contributed by atoms with Crippen LogP contribution in [0.2, 0.25) is 0 Å². The van der Waals surface area contributed by atoms with E-state index in [1.165, 1.54) is 25.3 Å². The van der Waals surface area contributed by atoms with Crippen LogP contribution in [0.1, 0.15) is 18.1 Å². The third-order valence-electron chi connectivity index (χ3n) is 2.72. The van der Waals surface area contributed by atoms with Crippen LogP contribution in [-0.2, 0) is 9.53 Å². The van der Waals surface area contributed by atoms with E-state index in [0.717, 1.165) is 7.11 Å². The van der Waals surface area contributed by atoms with Crippen molar-refractivity contribution in [1.82, 2.24) is 0 Å². The standard InChI is InChI=1S/C12H15NO7/c1-19-9-5-3-4-7(13(17)18)11(9)12(16)8(14)6-10(15)20-2/h3-5,8,12,14,16H,6H2,1-2H3. The highest BCUT2D eigenvalue weighted by atomic mass is 16.6. The molecule has 0 aliphatic rings. The zero-order valence-corrected chi connectivity index (χ0v) is 11.0. The van der Waals surface area contributed by atoms with Crippen molar-refractivity contribution in [2.75, 3.05) is 14.2 Å². The van der Waals surface area contributed by atoms with E-state index < -0.39 is 35.2 Å². The van der Waals surface area contributed by atoms with Gasteiger partial charge in [0, 0.05) is 6.07 Å². The molecule has 8 heteroatoms. The maximum Gasteiger partial charge on any atom is 0.308 e. The lowest BCUT2D eigenvalue weighted by atomic mass is 9.99. The lowest BCUT2D eigenvalue weighted by Gasteiger charge is -2.19. The first-order chi connectivity index (χ1) is 9.42. The lowest BCUT2D eigenvalue weighted by Crippen LogP contribution is -2.23. The number of nitro groups is 1. The summed E-state index contributed by atoms with van der Waals surface area (Å²) in [6.45, 7) is 0. The van der Waals surface area contributed by atoms with Gasteiger partial charge in [0.05, 0.1) is 31.7 Å². The number of benzene rings is 1. The van der Waals surface area contributed by atoms with E-state index in [-0.39, 0.29) is 11.3 Å². The molecule has 2 atom stereocenters. The number of carbonyl (C=O) groups is 1. The Morgan fingerprint density at radius 2 is 2.05 bits per heavy atom. The van der Waals surface area contributed by atoms with Crippen LogP contribution in [0.25, 0.3) is 0 Å². The van der Waals surface area contributed by atoms with E-state index in [1.54, 1.807) is 0 Å². The molecule has 0 saturated heterocycles. The second-order valence-electron chi connectivity index (χ2n) is 3.94. The van der Waals surface area contributed by atoms with Gasteiger partial charge < -0.3 is 19.7 Å². The first-order valence-electron chi connectivity index (χ1n) is 5.66. The van der Waals surface area contributed by atoms with Gasteiger partial charge in [-0.05, 0) is 6.07 Å². The summed E-state index contributed by atoms with van der Waals surface area (Å²) in [6, 6.07) is 3.97. The Kier molecular flexibility index (Phi) is 5.42. The Hall–Kier alpha value is -2.19. The molecule has 1 aromatic rings. The summed E-state index contributed by atoms with van der Waals surface area (Å²) in [5.41, 5.74) is -0.586. The van der Waals surface area contributed by atoms with Crippen molar-refractivity contribution in [3.8, 4) is 5.75 Å². The number of aliphatic hydroxyl groups excluding tert-OH is 2. The first kappa shape index (κ1) is 15.9. The van der Waals surface area contributed by atoms with Crippen molar-refractivity contribution < 1.29 is 29.4 Å². The number of hydrogen-bond donors (Lipinski definition) is 2. The zero-order valence-electron chi connectivity index (χ0n) is 11.0. The number of carbonyl (C=O) groups excluding carboxylic acids is 1. The number of nitrogens with zero attached hydrogens (tertiary/aromatic N) is 1. The highest BCUT2D eigenvalue weighted by Crippen LogP contribution is 2.35. The van der Waals surface area contributed by atoms with Crippen LogP contribution in [-0.4, -0.2) is 41.4 Å². The molecule has 0 aliphatic heterocycles. The molecule has 0 saturated carbocycles. The molecule has 0 bridgehead atoms. The highest BCUT2D eigenvalue weighted by Gasteiger charge is 2.31. The fourth-order valence-electron chi connectivity index (χ4n) is 1.73. The number of esters is 1. The molecule has 20 heavy (non-hydrogen) atoms. The number of ether oxygens (including phenoxy) is 2. The summed E-state index contributed by atoms with van der Waals surface area (Å²) in [6.07, 6.45) is -3.68. The second-order valence-corrected chi connectivity index (χ2v) is 3.94. The van der Waals surface area contributed by atoms with E-state index >= 15 is 0 Å². The topological polar surface area (TPSA) is 119 Å². The third-order valence-corrected chi connectivity index (χ3v) is 2.72. The predicted molar refractivity (Wildman–Crippen MR) is 67.2 cm³/mol. The minimum Gasteiger partial charge on any atom is -0.496 e. The van der Waals surface area contributed by atoms with Crippen molar-refractivity contribution in [3.63, 3.8) is 0 Å². The van der Waals surface area contributed by atoms with Gasteiger partial charge in [-0.15, -0.1) is 0 Å². The van der Waals surface area contributed by atoms with Gasteiger partial charge in [0.15, 0.2) is 0 Å². The van der Waals surface area contributed by atoms with Crippen LogP contribution in [0.3, 0.4) is 0 Å². The summed E-state index contributed by atoms with van der Waals surface area (Å²) in [4.78, 5) is 21.3. The number of methoxy groups -OCH3 is 2. The average Bonchev–Trinajstić information content (AvgIpc) is 2.44. The fraction of sp³-hybridized carbons (Fsp3) is 0.417. The Morgan fingerprint density at radius 3 is 2.55 bits per heavy atom. The van der Waals surface area contributed by atoms with Crippen molar-refractivity contribution in [3.05, 3.63) is 33.9 Å². The van der Waals surface area contributed by atoms with Gasteiger partial charge in [-0.25, -0.2) is 0 Å². The van der Waals surface area contributed by atoms with Crippen LogP contribution in [0.5, 0.6) is 5.75 Å². The Balaban J connectivity index is 3.16. The number of nitro benzene ring substituents is 1. The summed E-state index contributed by atoms with van der Waals surface area (Å²) in [7, 11) is 2.41. The Labute approximate surface area is 114 Å². The molecule has 2 N–H and O–H groups in total. The van der Waals surface area contributed by atoms with Crippen LogP contribution in [0.4, 0.5) is 5.69 Å². The number of aliphatic hydroxyl groups is 2. The van der Waals surface area contributed by atoms with Gasteiger partial charge in [-0.3, -0.25) is 14.9 Å². The van der Waals surface area contributed by atoms with Gasteiger partial charge in [0.25, 0.3) is 5.69 Å². The molecule has 1 rings (SSSR count). The molecule has 110 valence electrons. The van der Waals surface area contributed by atoms with E-state index in [0.29, 0.717) is 0 Å². The molecule has 8 nitrogen and oxygen atoms in total. The van der Waals surface area contributed by atoms with Crippen LogP contribution < -0.4 is 4.74 Å². The van der Waals surface area contributed by atoms with Gasteiger partial charge in [0.1, 0.15) is 17.4 Å². The lowest BCUT2D eigenvalue weighted by molar-refractivity contribution is -0.386. The molecular formula is C12H15NO7. The molecule has 0 radical (unpaired) electrons. The average molecular weight is 285 g/mol. The minimum absolute atomic E-state index is 0.0515. The fourth-order valence-corrected chi connectivity index (χ4v) is 1.73. The van der Waals surface area contributed by atoms with E-state index in [9.17, 15) is 25.1 Å². The summed E-state index contributed by atoms with van der Waals surface area (Å²) in [5.74, 6) is -0.690. The smallest absolute Gasteiger partial charge is 0.308 e. The van der Waals surface area contributed by atoms with Gasteiger partial charge in [0.2, 0.25) is 0 Å². The first-order valence-corrected chi connectivity index (χ1v) is 5.66. The highest BCUT2D eigenvalue weighted by molar-refractivity contribution is 5.70. The van der Waals surface area contributed by atoms with E-state index in [1.807, 2.05) is 0 Å². The molecule has 0 spiro atoms. The second kappa shape index (κ2) is 6.83. The number of rotatable bonds is 6. The molecule has 0 heterocycles. The molecule has 2 unspecified atom stereocenters. The monoisotopic (exact) mass is 285 g/mol. The maximum atomic E-state index is 11.1. The molecule has 0 amide bonds. The predicted octanol–water partition coefficient (Wildman–Crippen LogP) is 0.561. The van der Waals surface area contributed by atoms with Crippen molar-refractivity contribution in [2.24, 2.45) is 0 Å². The summed E-state index contributed by atoms with van der Waals surface area (Å²) >= 11 is 0. The number of hydrogen-bond acceptors (Lipinski definition) is 7.